The summed E-state index contributed by atoms with van der Waals surface area (Å²) in [5.74, 6) is -0.279. The molecule has 3 atom stereocenters. The number of nitrogens with one attached hydrogen (secondary N) is 1. The topological polar surface area (TPSA) is 89.8 Å². The van der Waals surface area contributed by atoms with Crippen LogP contribution < -0.4 is 5.32 Å². The molecule has 0 aromatic carbocycles. The molecule has 0 bridgehead atoms. The number of carbonyl (C=O) groups excluding carboxylic acids is 1. The van der Waals surface area contributed by atoms with Crippen LogP contribution in [-0.4, -0.2) is 46.1 Å². The first-order valence-corrected chi connectivity index (χ1v) is 27.0. The minimum absolute atomic E-state index is 0.0388. The smallest absolute Gasteiger partial charge is 0.222 e. The SMILES string of the molecule is CCCCCCCCCCCCCC/C=C\CCCCCCCCCCCC(O)CC(=O)NC(CO)C(O)CCCCCCCCCCCCCCCCCCCCC. The predicted molar refractivity (Wildman–Crippen MR) is 259 cm³/mol. The van der Waals surface area contributed by atoms with Gasteiger partial charge >= 0.3 is 0 Å². The molecule has 0 radical (unpaired) electrons. The van der Waals surface area contributed by atoms with E-state index in [9.17, 15) is 20.1 Å². The highest BCUT2D eigenvalue weighted by Gasteiger charge is 2.21. The van der Waals surface area contributed by atoms with E-state index in [0.29, 0.717) is 12.8 Å². The predicted octanol–water partition coefficient (Wildman–Crippen LogP) is 16.3. The Morgan fingerprint density at radius 3 is 0.983 bits per heavy atom. The van der Waals surface area contributed by atoms with Crippen molar-refractivity contribution in [3.05, 3.63) is 12.2 Å². The summed E-state index contributed by atoms with van der Waals surface area (Å²) in [7, 11) is 0. The third-order valence-electron chi connectivity index (χ3n) is 12.8. The van der Waals surface area contributed by atoms with Gasteiger partial charge in [0, 0.05) is 0 Å². The lowest BCUT2D eigenvalue weighted by Crippen LogP contribution is -2.46. The Kier molecular flexibility index (Phi) is 49.0. The number of hydrogen-bond acceptors (Lipinski definition) is 4. The first-order chi connectivity index (χ1) is 29.0. The molecule has 0 heterocycles. The highest BCUT2D eigenvalue weighted by atomic mass is 16.3. The van der Waals surface area contributed by atoms with Crippen LogP contribution in [0.15, 0.2) is 12.2 Å². The second-order valence-electron chi connectivity index (χ2n) is 18.8. The summed E-state index contributed by atoms with van der Waals surface area (Å²) in [6.45, 7) is 4.30. The lowest BCUT2D eigenvalue weighted by molar-refractivity contribution is -0.125. The van der Waals surface area contributed by atoms with Gasteiger partial charge in [0.05, 0.1) is 31.3 Å². The lowest BCUT2D eigenvalue weighted by Gasteiger charge is -2.23. The summed E-state index contributed by atoms with van der Waals surface area (Å²) in [5, 5.41) is 33.6. The lowest BCUT2D eigenvalue weighted by atomic mass is 10.0. The van der Waals surface area contributed by atoms with Crippen molar-refractivity contribution in [1.82, 2.24) is 5.32 Å². The normalized spacial score (nSPS) is 13.4. The van der Waals surface area contributed by atoms with Crippen LogP contribution >= 0.6 is 0 Å². The largest absolute Gasteiger partial charge is 0.394 e. The molecular weight excluding hydrogens is 727 g/mol. The monoisotopic (exact) mass is 834 g/mol. The van der Waals surface area contributed by atoms with Crippen molar-refractivity contribution in [2.24, 2.45) is 0 Å². The summed E-state index contributed by atoms with van der Waals surface area (Å²) >= 11 is 0. The van der Waals surface area contributed by atoms with Crippen LogP contribution in [0.3, 0.4) is 0 Å². The van der Waals surface area contributed by atoms with Crippen LogP contribution in [0.2, 0.25) is 0 Å². The van der Waals surface area contributed by atoms with Gasteiger partial charge in [-0.15, -0.1) is 0 Å². The first kappa shape index (κ1) is 58.1. The van der Waals surface area contributed by atoms with E-state index in [-0.39, 0.29) is 18.9 Å². The van der Waals surface area contributed by atoms with Crippen molar-refractivity contribution >= 4 is 5.91 Å². The number of carbonyl (C=O) groups is 1. The molecular formula is C54H107NO4. The number of aliphatic hydroxyl groups excluding tert-OH is 3. The molecule has 1 amide bonds. The van der Waals surface area contributed by atoms with E-state index in [1.165, 1.54) is 244 Å². The molecule has 0 aliphatic rings. The van der Waals surface area contributed by atoms with Gasteiger partial charge < -0.3 is 20.6 Å². The summed E-state index contributed by atoms with van der Waals surface area (Å²) < 4.78 is 0. The molecule has 0 aliphatic heterocycles. The Balaban J connectivity index is 3.53. The van der Waals surface area contributed by atoms with Crippen molar-refractivity contribution in [1.29, 1.82) is 0 Å². The van der Waals surface area contributed by atoms with Crippen LogP contribution in [0.1, 0.15) is 303 Å². The molecule has 352 valence electrons. The van der Waals surface area contributed by atoms with Gasteiger partial charge in [0.1, 0.15) is 0 Å². The van der Waals surface area contributed by atoms with Gasteiger partial charge in [-0.3, -0.25) is 4.79 Å². The van der Waals surface area contributed by atoms with Crippen LogP contribution in [0.5, 0.6) is 0 Å². The number of hydrogen-bond donors (Lipinski definition) is 4. The molecule has 4 N–H and O–H groups in total. The zero-order valence-electron chi connectivity index (χ0n) is 40.2. The Morgan fingerprint density at radius 2 is 0.678 bits per heavy atom. The molecule has 0 saturated heterocycles. The van der Waals surface area contributed by atoms with Crippen molar-refractivity contribution in [2.45, 2.75) is 321 Å². The van der Waals surface area contributed by atoms with E-state index in [1.807, 2.05) is 0 Å². The van der Waals surface area contributed by atoms with Crippen LogP contribution in [0, 0.1) is 0 Å². The van der Waals surface area contributed by atoms with Crippen LogP contribution in [-0.2, 0) is 4.79 Å². The van der Waals surface area contributed by atoms with Crippen molar-refractivity contribution < 1.29 is 20.1 Å². The van der Waals surface area contributed by atoms with E-state index < -0.39 is 18.2 Å². The maximum absolute atomic E-state index is 12.5. The third kappa shape index (κ3) is 46.4. The molecule has 0 rings (SSSR count). The maximum Gasteiger partial charge on any atom is 0.222 e. The highest BCUT2D eigenvalue weighted by Crippen LogP contribution is 2.18. The molecule has 0 aliphatic carbocycles. The number of unbranched alkanes of at least 4 members (excludes halogenated alkanes) is 39. The fraction of sp³-hybridized carbons (Fsp3) is 0.944. The van der Waals surface area contributed by atoms with Crippen LogP contribution in [0.25, 0.3) is 0 Å². The van der Waals surface area contributed by atoms with E-state index in [0.717, 1.165) is 25.7 Å². The van der Waals surface area contributed by atoms with Gasteiger partial charge in [0.2, 0.25) is 5.91 Å². The molecule has 59 heavy (non-hydrogen) atoms. The van der Waals surface area contributed by atoms with Gasteiger partial charge in [-0.1, -0.05) is 270 Å². The Morgan fingerprint density at radius 1 is 0.407 bits per heavy atom. The van der Waals surface area contributed by atoms with Gasteiger partial charge in [-0.05, 0) is 38.5 Å². The molecule has 0 aromatic rings. The first-order valence-electron chi connectivity index (χ1n) is 27.0. The number of rotatable bonds is 50. The van der Waals surface area contributed by atoms with E-state index in [1.54, 1.807) is 0 Å². The minimum atomic E-state index is -0.748. The molecule has 0 spiro atoms. The van der Waals surface area contributed by atoms with E-state index in [2.05, 4.69) is 31.3 Å². The number of amides is 1. The Labute approximate surface area is 369 Å². The average molecular weight is 834 g/mol. The van der Waals surface area contributed by atoms with E-state index >= 15 is 0 Å². The maximum atomic E-state index is 12.5. The van der Waals surface area contributed by atoms with Gasteiger partial charge in [-0.25, -0.2) is 0 Å². The summed E-state index contributed by atoms with van der Waals surface area (Å²) in [4.78, 5) is 12.5. The zero-order valence-corrected chi connectivity index (χ0v) is 40.2. The summed E-state index contributed by atoms with van der Waals surface area (Å²) in [6, 6.07) is -0.657. The van der Waals surface area contributed by atoms with Crippen molar-refractivity contribution in [2.75, 3.05) is 6.61 Å². The average Bonchev–Trinajstić information content (AvgIpc) is 3.23. The third-order valence-corrected chi connectivity index (χ3v) is 12.8. The quantitative estimate of drug-likeness (QED) is 0.0363. The molecule has 0 saturated carbocycles. The zero-order chi connectivity index (χ0) is 43.0. The van der Waals surface area contributed by atoms with Gasteiger partial charge in [-0.2, -0.15) is 0 Å². The molecule has 5 nitrogen and oxygen atoms in total. The number of aliphatic hydroxyl groups is 3. The van der Waals surface area contributed by atoms with E-state index in [4.69, 9.17) is 0 Å². The molecule has 3 unspecified atom stereocenters. The minimum Gasteiger partial charge on any atom is -0.394 e. The standard InChI is InChI=1S/C54H107NO4/c1-3-5-7-9-11-13-15-17-19-21-23-24-25-26-27-28-30-31-33-35-37-39-41-43-45-47-51(57)49-54(59)55-52(50-56)53(58)48-46-44-42-40-38-36-34-32-29-22-20-18-16-14-12-10-8-6-4-2/h26-27,51-53,56-58H,3-25,28-50H2,1-2H3,(H,55,59)/b27-26-. The second kappa shape index (κ2) is 49.7. The highest BCUT2D eigenvalue weighted by molar-refractivity contribution is 5.76. The Bertz CT molecular complexity index is 833. The Hall–Kier alpha value is -0.910. The van der Waals surface area contributed by atoms with Gasteiger partial charge in [0.15, 0.2) is 0 Å². The fourth-order valence-corrected chi connectivity index (χ4v) is 8.70. The fourth-order valence-electron chi connectivity index (χ4n) is 8.70. The van der Waals surface area contributed by atoms with Crippen molar-refractivity contribution in [3.63, 3.8) is 0 Å². The molecule has 0 aromatic heterocycles. The summed E-state index contributed by atoms with van der Waals surface area (Å²) in [5.41, 5.74) is 0. The second-order valence-corrected chi connectivity index (χ2v) is 18.8. The summed E-state index contributed by atoms with van der Waals surface area (Å²) in [6.07, 6.45) is 60.7. The van der Waals surface area contributed by atoms with Crippen LogP contribution in [0.4, 0.5) is 0 Å². The van der Waals surface area contributed by atoms with Crippen molar-refractivity contribution in [3.8, 4) is 0 Å². The molecule has 0 fully saturated rings. The molecule has 5 heteroatoms. The van der Waals surface area contributed by atoms with Gasteiger partial charge in [0.25, 0.3) is 0 Å². The number of allylic oxidation sites excluding steroid dienone is 2.